The minimum Gasteiger partial charge on any atom is -0.481 e. The van der Waals surface area contributed by atoms with E-state index in [0.29, 0.717) is 13.0 Å². The maximum absolute atomic E-state index is 13.0. The second kappa shape index (κ2) is 12.3. The zero-order chi connectivity index (χ0) is 27.2. The van der Waals surface area contributed by atoms with Crippen molar-refractivity contribution in [1.29, 1.82) is 0 Å². The van der Waals surface area contributed by atoms with E-state index >= 15 is 0 Å². The van der Waals surface area contributed by atoms with Gasteiger partial charge in [0.2, 0.25) is 0 Å². The Hall–Kier alpha value is -3.89. The molecule has 1 heterocycles. The lowest BCUT2D eigenvalue weighted by molar-refractivity contribution is -0.128. The third-order valence-electron chi connectivity index (χ3n) is 7.52. The number of hydrogen-bond donors (Lipinski definition) is 1. The Labute approximate surface area is 232 Å². The van der Waals surface area contributed by atoms with Crippen LogP contribution in [0.3, 0.4) is 0 Å². The number of nitrogens with zero attached hydrogens (tertiary/aromatic N) is 1. The highest BCUT2D eigenvalue weighted by Gasteiger charge is 2.30. The molecule has 1 amide bonds. The van der Waals surface area contributed by atoms with Gasteiger partial charge in [-0.3, -0.25) is 9.69 Å². The topological polar surface area (TPSA) is 41.6 Å². The van der Waals surface area contributed by atoms with Crippen molar-refractivity contribution in [2.75, 3.05) is 6.54 Å². The van der Waals surface area contributed by atoms with Crippen molar-refractivity contribution in [3.05, 3.63) is 136 Å². The van der Waals surface area contributed by atoms with Crippen LogP contribution in [0.25, 0.3) is 0 Å². The maximum atomic E-state index is 13.0. The molecule has 4 aromatic rings. The number of aryl methyl sites for hydroxylation is 2. The fourth-order valence-corrected chi connectivity index (χ4v) is 5.57. The zero-order valence-electron chi connectivity index (χ0n) is 23.2. The monoisotopic (exact) mass is 518 g/mol. The molecule has 4 heteroatoms. The second-order valence-corrected chi connectivity index (χ2v) is 10.6. The SMILES string of the molecule is CC[C@@H](Oc1ccc2c(c1)[C@@H](c1ccccc1)N(Cc1cccc(C)c1)CC2)C(=O)NCc1cccc(C)c1. The molecular weight excluding hydrogens is 480 g/mol. The quantitative estimate of drug-likeness (QED) is 0.261. The molecule has 0 saturated heterocycles. The van der Waals surface area contributed by atoms with Gasteiger partial charge in [0.15, 0.2) is 6.10 Å². The van der Waals surface area contributed by atoms with Crippen LogP contribution in [0, 0.1) is 13.8 Å². The molecule has 1 aliphatic heterocycles. The van der Waals surface area contributed by atoms with E-state index in [1.165, 1.54) is 33.4 Å². The van der Waals surface area contributed by atoms with Gasteiger partial charge >= 0.3 is 0 Å². The predicted octanol–water partition coefficient (Wildman–Crippen LogP) is 6.92. The lowest BCUT2D eigenvalue weighted by Gasteiger charge is -2.38. The van der Waals surface area contributed by atoms with E-state index in [1.807, 2.05) is 25.1 Å². The van der Waals surface area contributed by atoms with Crippen molar-refractivity contribution in [1.82, 2.24) is 10.2 Å². The summed E-state index contributed by atoms with van der Waals surface area (Å²) < 4.78 is 6.33. The van der Waals surface area contributed by atoms with Gasteiger partial charge in [0, 0.05) is 19.6 Å². The van der Waals surface area contributed by atoms with Crippen molar-refractivity contribution in [2.24, 2.45) is 0 Å². The van der Waals surface area contributed by atoms with E-state index < -0.39 is 6.10 Å². The lowest BCUT2D eigenvalue weighted by Crippen LogP contribution is -2.38. The molecule has 200 valence electrons. The lowest BCUT2D eigenvalue weighted by atomic mass is 9.87. The summed E-state index contributed by atoms with van der Waals surface area (Å²) in [6.45, 7) is 8.56. The Morgan fingerprint density at radius 1 is 0.897 bits per heavy atom. The van der Waals surface area contributed by atoms with Crippen molar-refractivity contribution in [2.45, 2.75) is 58.8 Å². The minimum atomic E-state index is -0.546. The van der Waals surface area contributed by atoms with Gasteiger partial charge in [-0.25, -0.2) is 0 Å². The predicted molar refractivity (Wildman–Crippen MR) is 158 cm³/mol. The van der Waals surface area contributed by atoms with E-state index in [1.54, 1.807) is 0 Å². The van der Waals surface area contributed by atoms with Crippen LogP contribution < -0.4 is 10.1 Å². The maximum Gasteiger partial charge on any atom is 0.261 e. The van der Waals surface area contributed by atoms with Crippen LogP contribution in [0.15, 0.2) is 97.1 Å². The van der Waals surface area contributed by atoms with Crippen LogP contribution >= 0.6 is 0 Å². The first kappa shape index (κ1) is 26.7. The van der Waals surface area contributed by atoms with Gasteiger partial charge in [0.05, 0.1) is 6.04 Å². The first-order valence-corrected chi connectivity index (χ1v) is 14.0. The van der Waals surface area contributed by atoms with Gasteiger partial charge in [0.25, 0.3) is 5.91 Å². The van der Waals surface area contributed by atoms with Crippen molar-refractivity contribution in [3.63, 3.8) is 0 Å². The van der Waals surface area contributed by atoms with Crippen molar-refractivity contribution >= 4 is 5.91 Å². The number of amides is 1. The summed E-state index contributed by atoms with van der Waals surface area (Å²) in [7, 11) is 0. The molecule has 1 aliphatic rings. The standard InChI is InChI=1S/C35H38N2O2/c1-4-33(35(38)36-23-27-12-8-10-25(2)20-27)39-31-17-16-29-18-19-37(24-28-13-9-11-26(3)21-28)34(32(29)22-31)30-14-6-5-7-15-30/h5-17,20-22,33-34H,4,18-19,23-24H2,1-3H3,(H,36,38)/t33-,34-/m1/s1. The van der Waals surface area contributed by atoms with Crippen LogP contribution in [0.1, 0.15) is 58.3 Å². The molecule has 0 bridgehead atoms. The molecule has 0 fully saturated rings. The Morgan fingerprint density at radius 3 is 2.33 bits per heavy atom. The van der Waals surface area contributed by atoms with Crippen LogP contribution in [0.5, 0.6) is 5.75 Å². The van der Waals surface area contributed by atoms with Gasteiger partial charge in [-0.05, 0) is 66.6 Å². The molecular formula is C35H38N2O2. The molecule has 5 rings (SSSR count). The van der Waals surface area contributed by atoms with Gasteiger partial charge in [-0.15, -0.1) is 0 Å². The molecule has 0 radical (unpaired) electrons. The number of nitrogens with one attached hydrogen (secondary N) is 1. The summed E-state index contributed by atoms with van der Waals surface area (Å²) in [6.07, 6.45) is 1.03. The largest absolute Gasteiger partial charge is 0.481 e. The third kappa shape index (κ3) is 6.58. The Bertz CT molecular complexity index is 1420. The fraction of sp³-hybridized carbons (Fsp3) is 0.286. The molecule has 0 aromatic heterocycles. The Kier molecular flexibility index (Phi) is 8.43. The van der Waals surface area contributed by atoms with E-state index in [4.69, 9.17) is 4.74 Å². The number of rotatable bonds is 9. The molecule has 1 N–H and O–H groups in total. The van der Waals surface area contributed by atoms with E-state index in [9.17, 15) is 4.79 Å². The molecule has 0 spiro atoms. The first-order valence-electron chi connectivity index (χ1n) is 14.0. The number of carbonyl (C=O) groups excluding carboxylic acids is 1. The zero-order valence-corrected chi connectivity index (χ0v) is 23.2. The minimum absolute atomic E-state index is 0.0857. The highest BCUT2D eigenvalue weighted by Crippen LogP contribution is 2.38. The first-order chi connectivity index (χ1) is 19.0. The van der Waals surface area contributed by atoms with Gasteiger partial charge in [-0.2, -0.15) is 0 Å². The molecule has 0 saturated carbocycles. The number of hydrogen-bond acceptors (Lipinski definition) is 3. The van der Waals surface area contributed by atoms with Crippen molar-refractivity contribution in [3.8, 4) is 5.75 Å². The summed E-state index contributed by atoms with van der Waals surface area (Å²) in [5.74, 6) is 0.655. The van der Waals surface area contributed by atoms with Gasteiger partial charge in [-0.1, -0.05) is 103 Å². The fourth-order valence-electron chi connectivity index (χ4n) is 5.57. The van der Waals surface area contributed by atoms with Gasteiger partial charge in [0.1, 0.15) is 5.75 Å². The van der Waals surface area contributed by atoms with Crippen LogP contribution in [0.2, 0.25) is 0 Å². The van der Waals surface area contributed by atoms with E-state index in [0.717, 1.165) is 30.8 Å². The highest BCUT2D eigenvalue weighted by atomic mass is 16.5. The number of benzene rings is 4. The Morgan fingerprint density at radius 2 is 1.62 bits per heavy atom. The summed E-state index contributed by atoms with van der Waals surface area (Å²) in [5.41, 5.74) is 8.74. The third-order valence-corrected chi connectivity index (χ3v) is 7.52. The molecule has 0 unspecified atom stereocenters. The molecule has 2 atom stereocenters. The summed E-state index contributed by atoms with van der Waals surface area (Å²) in [5, 5.41) is 3.06. The van der Waals surface area contributed by atoms with Gasteiger partial charge < -0.3 is 10.1 Å². The molecule has 4 aromatic carbocycles. The molecule has 39 heavy (non-hydrogen) atoms. The Balaban J connectivity index is 1.37. The molecule has 0 aliphatic carbocycles. The summed E-state index contributed by atoms with van der Waals surface area (Å²) in [4.78, 5) is 15.6. The summed E-state index contributed by atoms with van der Waals surface area (Å²) in [6, 6.07) is 34.2. The number of carbonyl (C=O) groups is 1. The second-order valence-electron chi connectivity index (χ2n) is 10.6. The van der Waals surface area contributed by atoms with E-state index in [2.05, 4.69) is 103 Å². The normalized spacial score (nSPS) is 15.8. The van der Waals surface area contributed by atoms with Crippen molar-refractivity contribution < 1.29 is 9.53 Å². The average molecular weight is 519 g/mol. The number of ether oxygens (including phenoxy) is 1. The smallest absolute Gasteiger partial charge is 0.261 e. The van der Waals surface area contributed by atoms with Crippen LogP contribution in [-0.2, 0) is 24.3 Å². The highest BCUT2D eigenvalue weighted by molar-refractivity contribution is 5.81. The average Bonchev–Trinajstić information content (AvgIpc) is 2.95. The number of fused-ring (bicyclic) bond motifs is 1. The summed E-state index contributed by atoms with van der Waals surface area (Å²) >= 11 is 0. The van der Waals surface area contributed by atoms with E-state index in [-0.39, 0.29) is 11.9 Å². The van der Waals surface area contributed by atoms with Crippen LogP contribution in [0.4, 0.5) is 0 Å². The molecule has 4 nitrogen and oxygen atoms in total. The van der Waals surface area contributed by atoms with Crippen LogP contribution in [-0.4, -0.2) is 23.5 Å².